The van der Waals surface area contributed by atoms with E-state index in [4.69, 9.17) is 16.3 Å². The molecule has 4 nitrogen and oxygen atoms in total. The van der Waals surface area contributed by atoms with Crippen molar-refractivity contribution in [3.8, 4) is 17.0 Å². The highest BCUT2D eigenvalue weighted by atomic mass is 35.5. The zero-order valence-electron chi connectivity index (χ0n) is 14.0. The summed E-state index contributed by atoms with van der Waals surface area (Å²) in [6.45, 7) is 2.77. The van der Waals surface area contributed by atoms with E-state index < -0.39 is 5.97 Å². The van der Waals surface area contributed by atoms with E-state index in [1.165, 1.54) is 0 Å². The minimum Gasteiger partial charge on any atom is -0.494 e. The zero-order valence-corrected chi connectivity index (χ0v) is 14.8. The van der Waals surface area contributed by atoms with Crippen LogP contribution in [0, 0.1) is 0 Å². The first-order chi connectivity index (χ1) is 12.1. The van der Waals surface area contributed by atoms with Crippen LogP contribution in [0.2, 0.25) is 5.02 Å². The molecule has 1 aromatic heterocycles. The Morgan fingerprint density at radius 3 is 2.64 bits per heavy atom. The van der Waals surface area contributed by atoms with Crippen LogP contribution in [-0.4, -0.2) is 22.7 Å². The summed E-state index contributed by atoms with van der Waals surface area (Å²) in [7, 11) is 0. The molecule has 0 amide bonds. The molecule has 0 spiro atoms. The Balaban J connectivity index is 2.06. The topological polar surface area (TPSA) is 62.3 Å². The second-order valence-electron chi connectivity index (χ2n) is 5.97. The van der Waals surface area contributed by atoms with E-state index in [1.807, 2.05) is 30.3 Å². The fraction of sp³-hybridized carbons (Fsp3) is 0.250. The van der Waals surface area contributed by atoms with Crippen molar-refractivity contribution >= 4 is 28.5 Å². The summed E-state index contributed by atoms with van der Waals surface area (Å²) in [6.07, 6.45) is 2.00. The predicted octanol–water partition coefficient (Wildman–Crippen LogP) is 5.29. The van der Waals surface area contributed by atoms with Crippen LogP contribution in [0.3, 0.4) is 0 Å². The van der Waals surface area contributed by atoms with Gasteiger partial charge in [0.05, 0.1) is 18.7 Å². The van der Waals surface area contributed by atoms with Crippen molar-refractivity contribution in [3.05, 3.63) is 53.1 Å². The molecule has 5 heteroatoms. The third kappa shape index (κ3) is 3.97. The lowest BCUT2D eigenvalue weighted by Gasteiger charge is -2.06. The maximum Gasteiger partial charge on any atom is 0.307 e. The number of aromatic amines is 1. The average Bonchev–Trinajstić information content (AvgIpc) is 2.93. The van der Waals surface area contributed by atoms with Crippen molar-refractivity contribution < 1.29 is 14.6 Å². The number of carbonyl (C=O) groups is 1. The number of benzene rings is 2. The first-order valence-electron chi connectivity index (χ1n) is 8.33. The molecule has 0 aliphatic carbocycles. The fourth-order valence-electron chi connectivity index (χ4n) is 2.85. The van der Waals surface area contributed by atoms with Crippen molar-refractivity contribution in [2.24, 2.45) is 0 Å². The number of aromatic nitrogens is 1. The van der Waals surface area contributed by atoms with Gasteiger partial charge in [-0.1, -0.05) is 37.1 Å². The lowest BCUT2D eigenvalue weighted by molar-refractivity contribution is -0.136. The van der Waals surface area contributed by atoms with Crippen molar-refractivity contribution in [1.29, 1.82) is 0 Å². The van der Waals surface area contributed by atoms with Gasteiger partial charge in [0.2, 0.25) is 0 Å². The Hall–Kier alpha value is -2.46. The van der Waals surface area contributed by atoms with Crippen molar-refractivity contribution in [2.75, 3.05) is 6.61 Å². The van der Waals surface area contributed by atoms with Gasteiger partial charge in [0.15, 0.2) is 0 Å². The Labute approximate surface area is 151 Å². The number of rotatable bonds is 7. The van der Waals surface area contributed by atoms with Crippen LogP contribution in [0.5, 0.6) is 5.75 Å². The highest BCUT2D eigenvalue weighted by Crippen LogP contribution is 2.33. The number of ether oxygens (including phenoxy) is 1. The van der Waals surface area contributed by atoms with E-state index in [0.29, 0.717) is 11.6 Å². The Morgan fingerprint density at radius 2 is 1.96 bits per heavy atom. The van der Waals surface area contributed by atoms with Crippen LogP contribution in [0.15, 0.2) is 42.5 Å². The number of unbranched alkanes of at least 4 members (excludes halogenated alkanes) is 1. The summed E-state index contributed by atoms with van der Waals surface area (Å²) in [4.78, 5) is 14.7. The Kier molecular flexibility index (Phi) is 5.29. The van der Waals surface area contributed by atoms with Gasteiger partial charge in [-0.05, 0) is 47.9 Å². The molecule has 0 saturated carbocycles. The lowest BCUT2D eigenvalue weighted by atomic mass is 10.0. The molecule has 3 rings (SSSR count). The van der Waals surface area contributed by atoms with Gasteiger partial charge in [-0.25, -0.2) is 0 Å². The van der Waals surface area contributed by atoms with Gasteiger partial charge >= 0.3 is 5.97 Å². The molecule has 0 aliphatic rings. The largest absolute Gasteiger partial charge is 0.494 e. The van der Waals surface area contributed by atoms with Crippen molar-refractivity contribution in [2.45, 2.75) is 26.2 Å². The standard InChI is InChI=1S/C20H20ClNO3/c1-2-3-10-25-15-8-9-18-16(11-15)17(12-19(23)24)20(22-18)13-4-6-14(21)7-5-13/h4-9,11,22H,2-3,10,12H2,1H3,(H,23,24). The molecule has 0 unspecified atom stereocenters. The number of fused-ring (bicyclic) bond motifs is 1. The third-order valence-corrected chi connectivity index (χ3v) is 4.36. The number of carboxylic acids is 1. The van der Waals surface area contributed by atoms with E-state index in [-0.39, 0.29) is 6.42 Å². The van der Waals surface area contributed by atoms with Gasteiger partial charge in [0.25, 0.3) is 0 Å². The molecule has 0 radical (unpaired) electrons. The number of halogens is 1. The number of hydrogen-bond donors (Lipinski definition) is 2. The van der Waals surface area contributed by atoms with Gasteiger partial charge in [-0.3, -0.25) is 4.79 Å². The predicted molar refractivity (Wildman–Crippen MR) is 100 cm³/mol. The van der Waals surface area contributed by atoms with Crippen LogP contribution < -0.4 is 4.74 Å². The molecule has 3 aromatic rings. The SMILES string of the molecule is CCCCOc1ccc2[nH]c(-c3ccc(Cl)cc3)c(CC(=O)O)c2c1. The molecule has 2 N–H and O–H groups in total. The lowest BCUT2D eigenvalue weighted by Crippen LogP contribution is -2.01. The molecule has 0 aliphatic heterocycles. The summed E-state index contributed by atoms with van der Waals surface area (Å²) in [5.41, 5.74) is 3.36. The smallest absolute Gasteiger partial charge is 0.307 e. The van der Waals surface area contributed by atoms with Crippen LogP contribution >= 0.6 is 11.6 Å². The summed E-state index contributed by atoms with van der Waals surface area (Å²) >= 11 is 5.96. The number of aliphatic carboxylic acids is 1. The van der Waals surface area contributed by atoms with Crippen LogP contribution in [0.25, 0.3) is 22.2 Å². The molecule has 1 heterocycles. The van der Waals surface area contributed by atoms with E-state index in [1.54, 1.807) is 12.1 Å². The summed E-state index contributed by atoms with van der Waals surface area (Å²) in [5, 5.41) is 10.9. The quantitative estimate of drug-likeness (QED) is 0.564. The molecule has 25 heavy (non-hydrogen) atoms. The van der Waals surface area contributed by atoms with Crippen molar-refractivity contribution in [1.82, 2.24) is 4.98 Å². The molecule has 0 atom stereocenters. The number of carboxylic acid groups (broad SMARTS) is 1. The maximum atomic E-state index is 11.4. The van der Waals surface area contributed by atoms with Crippen molar-refractivity contribution in [3.63, 3.8) is 0 Å². The highest BCUT2D eigenvalue weighted by Gasteiger charge is 2.16. The Bertz CT molecular complexity index is 884. The minimum atomic E-state index is -0.867. The number of H-pyrrole nitrogens is 1. The van der Waals surface area contributed by atoms with Gasteiger partial charge in [-0.15, -0.1) is 0 Å². The highest BCUT2D eigenvalue weighted by molar-refractivity contribution is 6.30. The molecule has 0 bridgehead atoms. The Morgan fingerprint density at radius 1 is 1.20 bits per heavy atom. The first kappa shape index (κ1) is 17.4. The summed E-state index contributed by atoms with van der Waals surface area (Å²) in [6, 6.07) is 13.1. The van der Waals surface area contributed by atoms with Gasteiger partial charge < -0.3 is 14.8 Å². The number of nitrogens with one attached hydrogen (secondary N) is 1. The van der Waals surface area contributed by atoms with Gasteiger partial charge in [0, 0.05) is 15.9 Å². The van der Waals surface area contributed by atoms with Crippen LogP contribution in [0.4, 0.5) is 0 Å². The third-order valence-electron chi connectivity index (χ3n) is 4.11. The van der Waals surface area contributed by atoms with E-state index in [2.05, 4.69) is 11.9 Å². The van der Waals surface area contributed by atoms with Crippen LogP contribution in [0.1, 0.15) is 25.3 Å². The summed E-state index contributed by atoms with van der Waals surface area (Å²) in [5.74, 6) is -0.109. The normalized spacial score (nSPS) is 11.0. The van der Waals surface area contributed by atoms with Gasteiger partial charge in [0.1, 0.15) is 5.75 Å². The van der Waals surface area contributed by atoms with Crippen LogP contribution in [-0.2, 0) is 11.2 Å². The second kappa shape index (κ2) is 7.62. The van der Waals surface area contributed by atoms with E-state index in [0.717, 1.165) is 46.3 Å². The van der Waals surface area contributed by atoms with E-state index in [9.17, 15) is 9.90 Å². The zero-order chi connectivity index (χ0) is 17.8. The monoisotopic (exact) mass is 357 g/mol. The second-order valence-corrected chi connectivity index (χ2v) is 6.40. The molecule has 2 aromatic carbocycles. The summed E-state index contributed by atoms with van der Waals surface area (Å²) < 4.78 is 5.77. The van der Waals surface area contributed by atoms with Gasteiger partial charge in [-0.2, -0.15) is 0 Å². The molecule has 0 saturated heterocycles. The maximum absolute atomic E-state index is 11.4. The molecule has 130 valence electrons. The molecular weight excluding hydrogens is 338 g/mol. The molecule has 0 fully saturated rings. The fourth-order valence-corrected chi connectivity index (χ4v) is 2.97. The molecular formula is C20H20ClNO3. The average molecular weight is 358 g/mol. The number of hydrogen-bond acceptors (Lipinski definition) is 2. The van der Waals surface area contributed by atoms with E-state index >= 15 is 0 Å². The minimum absolute atomic E-state index is 0.0592. The first-order valence-corrected chi connectivity index (χ1v) is 8.71.